The maximum Gasteiger partial charge on any atom is 0.416 e. The molecule has 0 heterocycles. The third kappa shape index (κ3) is 4.76. The van der Waals surface area contributed by atoms with Gasteiger partial charge in [-0.05, 0) is 41.0 Å². The number of hydrogen-bond acceptors (Lipinski definition) is 1. The fraction of sp³-hybridized carbons (Fsp3) is 0.0556. The van der Waals surface area contributed by atoms with E-state index < -0.39 is 29.3 Å². The van der Waals surface area contributed by atoms with Crippen molar-refractivity contribution in [2.75, 3.05) is 0 Å². The summed E-state index contributed by atoms with van der Waals surface area (Å²) in [6, 6.07) is 7.05. The van der Waals surface area contributed by atoms with Gasteiger partial charge in [0.25, 0.3) is 0 Å². The first-order valence-electron chi connectivity index (χ1n) is 6.93. The van der Waals surface area contributed by atoms with E-state index in [1.54, 1.807) is 0 Å². The summed E-state index contributed by atoms with van der Waals surface area (Å²) >= 11 is 0. The minimum absolute atomic E-state index is 0.189. The Morgan fingerprint density at radius 2 is 1.52 bits per heavy atom. The molecule has 130 valence electrons. The fourth-order valence-electron chi connectivity index (χ4n) is 2.09. The van der Waals surface area contributed by atoms with E-state index in [1.807, 2.05) is 0 Å². The zero-order valence-electron chi connectivity index (χ0n) is 12.5. The highest BCUT2D eigenvalue weighted by atomic mass is 19.4. The zero-order valence-corrected chi connectivity index (χ0v) is 12.5. The van der Waals surface area contributed by atoms with Crippen molar-refractivity contribution in [3.05, 3.63) is 89.0 Å². The van der Waals surface area contributed by atoms with E-state index in [9.17, 15) is 26.7 Å². The Balaban J connectivity index is 2.51. The Morgan fingerprint density at radius 1 is 0.920 bits per heavy atom. The Labute approximate surface area is 139 Å². The molecule has 0 aliphatic carbocycles. The van der Waals surface area contributed by atoms with Crippen molar-refractivity contribution >= 4 is 11.5 Å². The van der Waals surface area contributed by atoms with E-state index in [4.69, 9.17) is 5.11 Å². The minimum Gasteiger partial charge on any atom is -0.478 e. The molecule has 2 aromatic carbocycles. The van der Waals surface area contributed by atoms with Crippen molar-refractivity contribution in [2.24, 2.45) is 0 Å². The van der Waals surface area contributed by atoms with Crippen molar-refractivity contribution in [3.63, 3.8) is 0 Å². The van der Waals surface area contributed by atoms with Gasteiger partial charge in [-0.25, -0.2) is 13.6 Å². The van der Waals surface area contributed by atoms with Gasteiger partial charge in [0.2, 0.25) is 0 Å². The number of rotatable bonds is 4. The van der Waals surface area contributed by atoms with E-state index in [0.29, 0.717) is 0 Å². The van der Waals surface area contributed by atoms with Crippen LogP contribution in [0.5, 0.6) is 0 Å². The summed E-state index contributed by atoms with van der Waals surface area (Å²) < 4.78 is 64.5. The van der Waals surface area contributed by atoms with E-state index in [0.717, 1.165) is 36.4 Å². The lowest BCUT2D eigenvalue weighted by atomic mass is 9.96. The lowest BCUT2D eigenvalue weighted by Gasteiger charge is -2.11. The molecule has 0 aromatic heterocycles. The molecule has 0 fully saturated rings. The SMILES string of the molecule is O=C(O)/C=C/C=C(/c1ccc(C(F)(F)F)cc1)c1ccc(F)c(F)c1. The van der Waals surface area contributed by atoms with Gasteiger partial charge in [0.15, 0.2) is 11.6 Å². The maximum atomic E-state index is 13.5. The molecule has 2 nitrogen and oxygen atoms in total. The van der Waals surface area contributed by atoms with Crippen LogP contribution in [-0.2, 0) is 11.0 Å². The summed E-state index contributed by atoms with van der Waals surface area (Å²) in [6.07, 6.45) is -1.25. The third-order valence-corrected chi connectivity index (χ3v) is 3.26. The molecular formula is C18H11F5O2. The fourth-order valence-corrected chi connectivity index (χ4v) is 2.09. The predicted molar refractivity (Wildman–Crippen MR) is 81.7 cm³/mol. The number of aliphatic carboxylic acids is 1. The number of allylic oxidation sites excluding steroid dienone is 2. The number of carboxylic acid groups (broad SMARTS) is 1. The first-order valence-corrected chi connectivity index (χ1v) is 6.93. The van der Waals surface area contributed by atoms with Crippen LogP contribution in [0.15, 0.2) is 60.7 Å². The minimum atomic E-state index is -4.51. The van der Waals surface area contributed by atoms with Gasteiger partial charge in [-0.15, -0.1) is 0 Å². The molecule has 0 amide bonds. The standard InChI is InChI=1S/C18H11F5O2/c19-15-9-6-12(10-16(15)20)14(2-1-3-17(24)25)11-4-7-13(8-5-11)18(21,22)23/h1-10H,(H,24,25)/b3-1+,14-2-. The maximum absolute atomic E-state index is 13.5. The Bertz CT molecular complexity index is 834. The van der Waals surface area contributed by atoms with E-state index in [-0.39, 0.29) is 16.7 Å². The second kappa shape index (κ2) is 7.29. The lowest BCUT2D eigenvalue weighted by Crippen LogP contribution is -2.04. The van der Waals surface area contributed by atoms with Crippen LogP contribution in [0.25, 0.3) is 5.57 Å². The second-order valence-corrected chi connectivity index (χ2v) is 4.98. The van der Waals surface area contributed by atoms with Crippen LogP contribution in [0.3, 0.4) is 0 Å². The normalized spacial score (nSPS) is 12.6. The molecule has 0 spiro atoms. The van der Waals surface area contributed by atoms with Gasteiger partial charge in [0.05, 0.1) is 5.56 Å². The molecule has 2 rings (SSSR count). The van der Waals surface area contributed by atoms with Gasteiger partial charge in [-0.2, -0.15) is 13.2 Å². The molecule has 0 radical (unpaired) electrons. The molecule has 0 bridgehead atoms. The van der Waals surface area contributed by atoms with Crippen molar-refractivity contribution in [3.8, 4) is 0 Å². The summed E-state index contributed by atoms with van der Waals surface area (Å²) in [7, 11) is 0. The summed E-state index contributed by atoms with van der Waals surface area (Å²) in [5.74, 6) is -3.43. The molecule has 2 aromatic rings. The highest BCUT2D eigenvalue weighted by Gasteiger charge is 2.30. The molecule has 0 unspecified atom stereocenters. The molecule has 0 aliphatic heterocycles. The molecular weight excluding hydrogens is 343 g/mol. The van der Waals surface area contributed by atoms with Crippen molar-refractivity contribution in [1.82, 2.24) is 0 Å². The second-order valence-electron chi connectivity index (χ2n) is 4.98. The van der Waals surface area contributed by atoms with Crippen LogP contribution in [0.2, 0.25) is 0 Å². The molecule has 0 saturated carbocycles. The molecule has 0 saturated heterocycles. The molecule has 0 aliphatic rings. The van der Waals surface area contributed by atoms with Crippen LogP contribution >= 0.6 is 0 Å². The Morgan fingerprint density at radius 3 is 2.04 bits per heavy atom. The average Bonchev–Trinajstić information content (AvgIpc) is 2.53. The number of halogens is 5. The molecule has 1 N–H and O–H groups in total. The highest BCUT2D eigenvalue weighted by molar-refractivity contribution is 5.84. The summed E-state index contributed by atoms with van der Waals surface area (Å²) in [6.45, 7) is 0. The Kier molecular flexibility index (Phi) is 5.36. The summed E-state index contributed by atoms with van der Waals surface area (Å²) in [4.78, 5) is 10.6. The number of carboxylic acids is 1. The van der Waals surface area contributed by atoms with Gasteiger partial charge in [0.1, 0.15) is 0 Å². The monoisotopic (exact) mass is 354 g/mol. The Hall–Kier alpha value is -2.96. The van der Waals surface area contributed by atoms with Crippen molar-refractivity contribution in [1.29, 1.82) is 0 Å². The summed E-state index contributed by atoms with van der Waals surface area (Å²) in [5, 5.41) is 8.62. The predicted octanol–water partition coefficient (Wildman–Crippen LogP) is 5.06. The lowest BCUT2D eigenvalue weighted by molar-refractivity contribution is -0.137. The van der Waals surface area contributed by atoms with Crippen LogP contribution in [-0.4, -0.2) is 11.1 Å². The first-order chi connectivity index (χ1) is 11.7. The zero-order chi connectivity index (χ0) is 18.6. The molecule has 0 atom stereocenters. The van der Waals surface area contributed by atoms with Crippen LogP contribution in [0, 0.1) is 11.6 Å². The topological polar surface area (TPSA) is 37.3 Å². The van der Waals surface area contributed by atoms with Crippen LogP contribution in [0.4, 0.5) is 22.0 Å². The van der Waals surface area contributed by atoms with E-state index >= 15 is 0 Å². The number of benzene rings is 2. The number of hydrogen-bond donors (Lipinski definition) is 1. The highest BCUT2D eigenvalue weighted by Crippen LogP contribution is 2.31. The van der Waals surface area contributed by atoms with Crippen LogP contribution in [0.1, 0.15) is 16.7 Å². The number of carbonyl (C=O) groups is 1. The van der Waals surface area contributed by atoms with E-state index in [1.165, 1.54) is 24.3 Å². The third-order valence-electron chi connectivity index (χ3n) is 3.26. The molecule has 25 heavy (non-hydrogen) atoms. The van der Waals surface area contributed by atoms with Crippen LogP contribution < -0.4 is 0 Å². The molecule has 7 heteroatoms. The number of alkyl halides is 3. The summed E-state index contributed by atoms with van der Waals surface area (Å²) in [5.41, 5.74) is -0.144. The first kappa shape index (κ1) is 18.4. The largest absolute Gasteiger partial charge is 0.478 e. The van der Waals surface area contributed by atoms with Gasteiger partial charge in [-0.3, -0.25) is 0 Å². The van der Waals surface area contributed by atoms with Crippen molar-refractivity contribution < 1.29 is 31.9 Å². The smallest absolute Gasteiger partial charge is 0.416 e. The van der Waals surface area contributed by atoms with Gasteiger partial charge in [0, 0.05) is 6.08 Å². The van der Waals surface area contributed by atoms with Gasteiger partial charge in [-0.1, -0.05) is 30.4 Å². The van der Waals surface area contributed by atoms with Gasteiger partial charge < -0.3 is 5.11 Å². The average molecular weight is 354 g/mol. The van der Waals surface area contributed by atoms with E-state index in [2.05, 4.69) is 0 Å². The van der Waals surface area contributed by atoms with Gasteiger partial charge >= 0.3 is 12.1 Å². The van der Waals surface area contributed by atoms with Crippen molar-refractivity contribution in [2.45, 2.75) is 6.18 Å². The quantitative estimate of drug-likeness (QED) is 0.474.